The van der Waals surface area contributed by atoms with Crippen LogP contribution in [0.3, 0.4) is 0 Å². The number of aromatic nitrogens is 2. The molecule has 5 heteroatoms. The number of ether oxygens (including phenoxy) is 1. The second-order valence-corrected chi connectivity index (χ2v) is 6.18. The van der Waals surface area contributed by atoms with Crippen molar-refractivity contribution in [3.63, 3.8) is 0 Å². The Morgan fingerprint density at radius 1 is 1.04 bits per heavy atom. The second-order valence-electron chi connectivity index (χ2n) is 6.18. The van der Waals surface area contributed by atoms with Crippen molar-refractivity contribution in [3.05, 3.63) is 66.6 Å². The van der Waals surface area contributed by atoms with E-state index in [9.17, 15) is 4.79 Å². The smallest absolute Gasteiger partial charge is 0.254 e. The van der Waals surface area contributed by atoms with Crippen LogP contribution in [0.25, 0.3) is 10.8 Å². The van der Waals surface area contributed by atoms with Gasteiger partial charge in [-0.1, -0.05) is 36.4 Å². The minimum absolute atomic E-state index is 0.0771. The summed E-state index contributed by atoms with van der Waals surface area (Å²) in [6, 6.07) is 13.9. The normalized spacial score (nSPS) is 15.3. The first-order valence-electron chi connectivity index (χ1n) is 8.51. The van der Waals surface area contributed by atoms with Crippen LogP contribution >= 0.6 is 0 Å². The third-order valence-electron chi connectivity index (χ3n) is 4.58. The van der Waals surface area contributed by atoms with Gasteiger partial charge in [0.25, 0.3) is 5.91 Å². The summed E-state index contributed by atoms with van der Waals surface area (Å²) in [5.74, 6) is 0.635. The molecule has 1 amide bonds. The van der Waals surface area contributed by atoms with E-state index in [4.69, 9.17) is 4.74 Å². The third kappa shape index (κ3) is 3.31. The number of carbonyl (C=O) groups is 1. The molecule has 0 atom stereocenters. The molecule has 2 heterocycles. The van der Waals surface area contributed by atoms with Crippen molar-refractivity contribution in [3.8, 4) is 5.88 Å². The molecule has 0 spiro atoms. The number of nitrogens with zero attached hydrogens (tertiary/aromatic N) is 3. The third-order valence-corrected chi connectivity index (χ3v) is 4.58. The highest BCUT2D eigenvalue weighted by molar-refractivity contribution is 6.07. The standard InChI is InChI=1S/C20H19N3O2/c24-20(18-7-3-5-15-4-1-2-6-17(15)18)23-12-8-16(9-13-23)25-19-14-21-10-11-22-19/h1-7,10-11,14,16H,8-9,12-13H2. The molecular weight excluding hydrogens is 314 g/mol. The fraction of sp³-hybridized carbons (Fsp3) is 0.250. The van der Waals surface area contributed by atoms with Crippen LogP contribution < -0.4 is 4.74 Å². The number of hydrogen-bond acceptors (Lipinski definition) is 4. The van der Waals surface area contributed by atoms with Crippen LogP contribution in [0, 0.1) is 0 Å². The van der Waals surface area contributed by atoms with Crippen molar-refractivity contribution in [2.45, 2.75) is 18.9 Å². The van der Waals surface area contributed by atoms with E-state index in [2.05, 4.69) is 9.97 Å². The van der Waals surface area contributed by atoms with Gasteiger partial charge in [-0.15, -0.1) is 0 Å². The van der Waals surface area contributed by atoms with Gasteiger partial charge < -0.3 is 9.64 Å². The van der Waals surface area contributed by atoms with Crippen molar-refractivity contribution in [1.29, 1.82) is 0 Å². The zero-order chi connectivity index (χ0) is 17.1. The fourth-order valence-electron chi connectivity index (χ4n) is 3.28. The Balaban J connectivity index is 1.44. The highest BCUT2D eigenvalue weighted by atomic mass is 16.5. The van der Waals surface area contributed by atoms with Gasteiger partial charge in [-0.2, -0.15) is 0 Å². The number of amides is 1. The summed E-state index contributed by atoms with van der Waals surface area (Å²) in [5, 5.41) is 2.10. The lowest BCUT2D eigenvalue weighted by atomic mass is 10.0. The molecule has 0 unspecified atom stereocenters. The molecular formula is C20H19N3O2. The Bertz CT molecular complexity index is 869. The summed E-state index contributed by atoms with van der Waals surface area (Å²) in [6.07, 6.45) is 6.54. The molecule has 0 radical (unpaired) electrons. The van der Waals surface area contributed by atoms with E-state index in [-0.39, 0.29) is 12.0 Å². The SMILES string of the molecule is O=C(c1cccc2ccccc12)N1CCC(Oc2cnccn2)CC1. The van der Waals surface area contributed by atoms with Gasteiger partial charge in [0.15, 0.2) is 0 Å². The number of hydrogen-bond donors (Lipinski definition) is 0. The van der Waals surface area contributed by atoms with Crippen LogP contribution in [0.5, 0.6) is 5.88 Å². The van der Waals surface area contributed by atoms with Gasteiger partial charge in [-0.05, 0) is 16.8 Å². The summed E-state index contributed by atoms with van der Waals surface area (Å²) >= 11 is 0. The van der Waals surface area contributed by atoms with Gasteiger partial charge in [0, 0.05) is 43.9 Å². The maximum atomic E-state index is 12.9. The molecule has 25 heavy (non-hydrogen) atoms. The summed E-state index contributed by atoms with van der Waals surface area (Å²) in [7, 11) is 0. The van der Waals surface area contributed by atoms with Gasteiger partial charge in [-0.3, -0.25) is 9.78 Å². The molecule has 3 aromatic rings. The average molecular weight is 333 g/mol. The predicted molar refractivity (Wildman–Crippen MR) is 95.5 cm³/mol. The second kappa shape index (κ2) is 6.89. The molecule has 1 aliphatic heterocycles. The maximum Gasteiger partial charge on any atom is 0.254 e. The van der Waals surface area contributed by atoms with Gasteiger partial charge in [0.1, 0.15) is 6.10 Å². The highest BCUT2D eigenvalue weighted by Gasteiger charge is 2.25. The summed E-state index contributed by atoms with van der Waals surface area (Å²) < 4.78 is 5.85. The topological polar surface area (TPSA) is 55.3 Å². The minimum atomic E-state index is 0.0771. The predicted octanol–water partition coefficient (Wildman–Crippen LogP) is 3.31. The molecule has 2 aromatic carbocycles. The lowest BCUT2D eigenvalue weighted by Crippen LogP contribution is -2.41. The number of benzene rings is 2. The van der Waals surface area contributed by atoms with Gasteiger partial charge in [0.05, 0.1) is 6.20 Å². The first-order chi connectivity index (χ1) is 12.3. The molecule has 1 fully saturated rings. The van der Waals surface area contributed by atoms with Crippen LogP contribution in [0.2, 0.25) is 0 Å². The Hall–Kier alpha value is -2.95. The van der Waals surface area contributed by atoms with Crippen LogP contribution in [0.4, 0.5) is 0 Å². The molecule has 5 nitrogen and oxygen atoms in total. The lowest BCUT2D eigenvalue weighted by molar-refractivity contribution is 0.0589. The van der Waals surface area contributed by atoms with E-state index in [1.54, 1.807) is 18.6 Å². The number of carbonyl (C=O) groups excluding carboxylic acids is 1. The number of fused-ring (bicyclic) bond motifs is 1. The highest BCUT2D eigenvalue weighted by Crippen LogP contribution is 2.23. The van der Waals surface area contributed by atoms with Crippen LogP contribution in [0.15, 0.2) is 61.1 Å². The Morgan fingerprint density at radius 2 is 1.84 bits per heavy atom. The first-order valence-corrected chi connectivity index (χ1v) is 8.51. The van der Waals surface area contributed by atoms with Crippen LogP contribution in [-0.2, 0) is 0 Å². The van der Waals surface area contributed by atoms with Crippen LogP contribution in [0.1, 0.15) is 23.2 Å². The molecule has 1 saturated heterocycles. The number of rotatable bonds is 3. The van der Waals surface area contributed by atoms with Crippen molar-refractivity contribution >= 4 is 16.7 Å². The van der Waals surface area contributed by atoms with Crippen molar-refractivity contribution < 1.29 is 9.53 Å². The quantitative estimate of drug-likeness (QED) is 0.738. The monoisotopic (exact) mass is 333 g/mol. The van der Waals surface area contributed by atoms with Gasteiger partial charge >= 0.3 is 0 Å². The summed E-state index contributed by atoms with van der Waals surface area (Å²) in [5.41, 5.74) is 0.770. The summed E-state index contributed by atoms with van der Waals surface area (Å²) in [4.78, 5) is 23.0. The van der Waals surface area contributed by atoms with Crippen molar-refractivity contribution in [2.75, 3.05) is 13.1 Å². The van der Waals surface area contributed by atoms with Crippen LogP contribution in [-0.4, -0.2) is 40.0 Å². The minimum Gasteiger partial charge on any atom is -0.473 e. The van der Waals surface area contributed by atoms with Crippen molar-refractivity contribution in [1.82, 2.24) is 14.9 Å². The lowest BCUT2D eigenvalue weighted by Gasteiger charge is -2.32. The maximum absolute atomic E-state index is 12.9. The largest absolute Gasteiger partial charge is 0.473 e. The molecule has 0 N–H and O–H groups in total. The average Bonchev–Trinajstić information content (AvgIpc) is 2.68. The zero-order valence-corrected chi connectivity index (χ0v) is 13.8. The van der Waals surface area contributed by atoms with E-state index >= 15 is 0 Å². The van der Waals surface area contributed by atoms with Crippen molar-refractivity contribution in [2.24, 2.45) is 0 Å². The molecule has 1 aromatic heterocycles. The Morgan fingerprint density at radius 3 is 2.64 bits per heavy atom. The number of likely N-dealkylation sites (tertiary alicyclic amines) is 1. The molecule has 0 saturated carbocycles. The first kappa shape index (κ1) is 15.6. The Labute approximate surface area is 146 Å². The Kier molecular flexibility index (Phi) is 4.29. The zero-order valence-electron chi connectivity index (χ0n) is 13.8. The van der Waals surface area contributed by atoms with E-state index in [0.717, 1.165) is 29.2 Å². The van der Waals surface area contributed by atoms with E-state index in [1.807, 2.05) is 47.4 Å². The molecule has 0 bridgehead atoms. The fourth-order valence-corrected chi connectivity index (χ4v) is 3.28. The molecule has 126 valence electrons. The van der Waals surface area contributed by atoms with E-state index in [0.29, 0.717) is 19.0 Å². The van der Waals surface area contributed by atoms with E-state index < -0.39 is 0 Å². The number of piperidine rings is 1. The molecule has 4 rings (SSSR count). The van der Waals surface area contributed by atoms with Gasteiger partial charge in [0.2, 0.25) is 5.88 Å². The molecule has 1 aliphatic rings. The molecule has 0 aliphatic carbocycles. The van der Waals surface area contributed by atoms with Gasteiger partial charge in [-0.25, -0.2) is 4.98 Å². The van der Waals surface area contributed by atoms with E-state index in [1.165, 1.54) is 0 Å². The summed E-state index contributed by atoms with van der Waals surface area (Å²) in [6.45, 7) is 1.37.